The second-order valence-electron chi connectivity index (χ2n) is 7.39. The fourth-order valence-electron chi connectivity index (χ4n) is 3.86. The number of hydrogen-bond donors (Lipinski definition) is 1. The van der Waals surface area contributed by atoms with Gasteiger partial charge in [0.05, 0.1) is 0 Å². The van der Waals surface area contributed by atoms with Crippen LogP contribution in [0.3, 0.4) is 0 Å². The lowest BCUT2D eigenvalue weighted by molar-refractivity contribution is 0.101. The molecule has 1 aromatic rings. The molecule has 0 spiro atoms. The minimum absolute atomic E-state index is 0.0879. The number of anilines is 1. The smallest absolute Gasteiger partial charge is 0.317 e. The highest BCUT2D eigenvalue weighted by atomic mass is 16.2. The summed E-state index contributed by atoms with van der Waals surface area (Å²) in [6.45, 7) is 6.95. The van der Waals surface area contributed by atoms with Gasteiger partial charge in [-0.1, -0.05) is 19.8 Å². The topological polar surface area (TPSA) is 52.7 Å². The average molecular weight is 343 g/mol. The number of rotatable bonds is 3. The van der Waals surface area contributed by atoms with E-state index in [9.17, 15) is 9.59 Å². The third-order valence-electron chi connectivity index (χ3n) is 5.63. The van der Waals surface area contributed by atoms with Crippen LogP contribution in [-0.2, 0) is 0 Å². The summed E-state index contributed by atoms with van der Waals surface area (Å²) in [6, 6.07) is 8.16. The van der Waals surface area contributed by atoms with Crippen LogP contribution < -0.4 is 10.2 Å². The molecule has 2 amide bonds. The maximum Gasteiger partial charge on any atom is 0.317 e. The lowest BCUT2D eigenvalue weighted by Crippen LogP contribution is -2.54. The van der Waals surface area contributed by atoms with Gasteiger partial charge in [-0.15, -0.1) is 0 Å². The summed E-state index contributed by atoms with van der Waals surface area (Å²) in [5.74, 6) is 0.670. The molecule has 1 heterocycles. The number of Topliss-reactive ketones (excluding diaryl/α,β-unsaturated/α-hetero) is 1. The molecular formula is C20H29N3O2. The fourth-order valence-corrected chi connectivity index (χ4v) is 3.86. The van der Waals surface area contributed by atoms with Crippen molar-refractivity contribution in [2.75, 3.05) is 31.1 Å². The molecule has 0 unspecified atom stereocenters. The van der Waals surface area contributed by atoms with Gasteiger partial charge in [0.15, 0.2) is 5.78 Å². The summed E-state index contributed by atoms with van der Waals surface area (Å²) in [7, 11) is 0. The number of nitrogens with one attached hydrogen (secondary N) is 1. The Labute approximate surface area is 150 Å². The molecule has 1 saturated heterocycles. The van der Waals surface area contributed by atoms with Gasteiger partial charge >= 0.3 is 6.03 Å². The molecule has 1 aliphatic heterocycles. The predicted molar refractivity (Wildman–Crippen MR) is 100 cm³/mol. The van der Waals surface area contributed by atoms with Gasteiger partial charge in [-0.2, -0.15) is 0 Å². The van der Waals surface area contributed by atoms with Crippen molar-refractivity contribution in [3.63, 3.8) is 0 Å². The monoisotopic (exact) mass is 343 g/mol. The van der Waals surface area contributed by atoms with Crippen LogP contribution in [0.25, 0.3) is 0 Å². The molecular weight excluding hydrogens is 314 g/mol. The van der Waals surface area contributed by atoms with E-state index in [-0.39, 0.29) is 11.8 Å². The van der Waals surface area contributed by atoms with Crippen LogP contribution in [0.5, 0.6) is 0 Å². The van der Waals surface area contributed by atoms with Crippen molar-refractivity contribution in [2.24, 2.45) is 5.92 Å². The van der Waals surface area contributed by atoms with E-state index in [0.29, 0.717) is 12.0 Å². The maximum atomic E-state index is 12.5. The van der Waals surface area contributed by atoms with E-state index < -0.39 is 0 Å². The highest BCUT2D eigenvalue weighted by Crippen LogP contribution is 2.24. The van der Waals surface area contributed by atoms with Gasteiger partial charge in [0.2, 0.25) is 0 Å². The summed E-state index contributed by atoms with van der Waals surface area (Å²) < 4.78 is 0. The number of piperazine rings is 1. The SMILES string of the molecule is CC(=O)c1ccc(N2CCN(C(=O)N[C@@H]3CCCC[C@H]3C)CC2)cc1. The minimum atomic E-state index is 0.0879. The van der Waals surface area contributed by atoms with Gasteiger partial charge < -0.3 is 15.1 Å². The minimum Gasteiger partial charge on any atom is -0.368 e. The average Bonchev–Trinajstić information content (AvgIpc) is 2.64. The van der Waals surface area contributed by atoms with E-state index in [1.165, 1.54) is 19.3 Å². The standard InChI is InChI=1S/C20H29N3O2/c1-15-5-3-4-6-19(15)21-20(25)23-13-11-22(12-14-23)18-9-7-17(8-10-18)16(2)24/h7-10,15,19H,3-6,11-14H2,1-2H3,(H,21,25)/t15-,19-/m1/s1. The van der Waals surface area contributed by atoms with Crippen LogP contribution in [0.1, 0.15) is 49.9 Å². The molecule has 0 aromatic heterocycles. The molecule has 5 nitrogen and oxygen atoms in total. The molecule has 136 valence electrons. The van der Waals surface area contributed by atoms with Crippen molar-refractivity contribution in [1.82, 2.24) is 10.2 Å². The van der Waals surface area contributed by atoms with Crippen molar-refractivity contribution in [2.45, 2.75) is 45.6 Å². The summed E-state index contributed by atoms with van der Waals surface area (Å²) in [5, 5.41) is 3.24. The second kappa shape index (κ2) is 7.89. The number of nitrogens with zero attached hydrogens (tertiary/aromatic N) is 2. The normalized spacial score (nSPS) is 24.1. The molecule has 0 bridgehead atoms. The number of carbonyl (C=O) groups is 2. The molecule has 1 saturated carbocycles. The van der Waals surface area contributed by atoms with E-state index in [2.05, 4.69) is 17.1 Å². The van der Waals surface area contributed by atoms with Crippen molar-refractivity contribution in [3.8, 4) is 0 Å². The van der Waals surface area contributed by atoms with E-state index in [1.807, 2.05) is 29.2 Å². The first-order valence-electron chi connectivity index (χ1n) is 9.46. The van der Waals surface area contributed by atoms with Gasteiger partial charge in [-0.05, 0) is 49.9 Å². The summed E-state index contributed by atoms with van der Waals surface area (Å²) in [6.07, 6.45) is 4.83. The Hall–Kier alpha value is -2.04. The molecule has 25 heavy (non-hydrogen) atoms. The highest BCUT2D eigenvalue weighted by Gasteiger charge is 2.27. The molecule has 2 aliphatic rings. The van der Waals surface area contributed by atoms with E-state index >= 15 is 0 Å². The number of hydrogen-bond acceptors (Lipinski definition) is 3. The van der Waals surface area contributed by atoms with Crippen LogP contribution in [-0.4, -0.2) is 48.9 Å². The Morgan fingerprint density at radius 3 is 2.24 bits per heavy atom. The fraction of sp³-hybridized carbons (Fsp3) is 0.600. The molecule has 0 radical (unpaired) electrons. The number of ketones is 1. The Bertz CT molecular complexity index is 606. The summed E-state index contributed by atoms with van der Waals surface area (Å²) in [4.78, 5) is 28.1. The number of benzene rings is 1. The van der Waals surface area contributed by atoms with Crippen molar-refractivity contribution >= 4 is 17.5 Å². The van der Waals surface area contributed by atoms with Crippen LogP contribution in [0.4, 0.5) is 10.5 Å². The Kier molecular flexibility index (Phi) is 5.61. The third-order valence-corrected chi connectivity index (χ3v) is 5.63. The second-order valence-corrected chi connectivity index (χ2v) is 7.39. The molecule has 1 N–H and O–H groups in total. The van der Waals surface area contributed by atoms with Gasteiger partial charge in [-0.25, -0.2) is 4.79 Å². The van der Waals surface area contributed by atoms with E-state index in [4.69, 9.17) is 0 Å². The Morgan fingerprint density at radius 2 is 1.64 bits per heavy atom. The zero-order chi connectivity index (χ0) is 17.8. The van der Waals surface area contributed by atoms with E-state index in [0.717, 1.165) is 43.9 Å². The van der Waals surface area contributed by atoms with Gasteiger partial charge in [0, 0.05) is 43.5 Å². The summed E-state index contributed by atoms with van der Waals surface area (Å²) >= 11 is 0. The lowest BCUT2D eigenvalue weighted by Gasteiger charge is -2.38. The molecule has 2 fully saturated rings. The van der Waals surface area contributed by atoms with E-state index in [1.54, 1.807) is 6.92 Å². The molecule has 1 aliphatic carbocycles. The quantitative estimate of drug-likeness (QED) is 0.857. The maximum absolute atomic E-state index is 12.5. The first kappa shape index (κ1) is 17.8. The molecule has 5 heteroatoms. The zero-order valence-electron chi connectivity index (χ0n) is 15.3. The molecule has 3 rings (SSSR count). The molecule has 1 aromatic carbocycles. The predicted octanol–water partition coefficient (Wildman–Crippen LogP) is 3.30. The van der Waals surface area contributed by atoms with Crippen LogP contribution in [0.2, 0.25) is 0 Å². The van der Waals surface area contributed by atoms with Crippen molar-refractivity contribution < 1.29 is 9.59 Å². The van der Waals surface area contributed by atoms with Crippen molar-refractivity contribution in [1.29, 1.82) is 0 Å². The Balaban J connectivity index is 1.51. The van der Waals surface area contributed by atoms with Gasteiger partial charge in [0.1, 0.15) is 0 Å². The first-order chi connectivity index (χ1) is 12.0. The molecule has 2 atom stereocenters. The van der Waals surface area contributed by atoms with Crippen LogP contribution in [0.15, 0.2) is 24.3 Å². The zero-order valence-corrected chi connectivity index (χ0v) is 15.3. The van der Waals surface area contributed by atoms with Gasteiger partial charge in [-0.3, -0.25) is 4.79 Å². The van der Waals surface area contributed by atoms with Crippen molar-refractivity contribution in [3.05, 3.63) is 29.8 Å². The first-order valence-corrected chi connectivity index (χ1v) is 9.46. The summed E-state index contributed by atoms with van der Waals surface area (Å²) in [5.41, 5.74) is 1.86. The third kappa shape index (κ3) is 4.33. The largest absolute Gasteiger partial charge is 0.368 e. The number of urea groups is 1. The van der Waals surface area contributed by atoms with Crippen LogP contribution >= 0.6 is 0 Å². The van der Waals surface area contributed by atoms with Gasteiger partial charge in [0.25, 0.3) is 0 Å². The number of carbonyl (C=O) groups excluding carboxylic acids is 2. The highest BCUT2D eigenvalue weighted by molar-refractivity contribution is 5.94. The lowest BCUT2D eigenvalue weighted by atomic mass is 9.86. The van der Waals surface area contributed by atoms with Crippen LogP contribution in [0, 0.1) is 5.92 Å². The number of amides is 2. The Morgan fingerprint density at radius 1 is 1.00 bits per heavy atom.